The van der Waals surface area contributed by atoms with E-state index < -0.39 is 12.8 Å². The summed E-state index contributed by atoms with van der Waals surface area (Å²) in [5.74, 6) is -0.116. The van der Waals surface area contributed by atoms with Crippen LogP contribution < -0.4 is 15.8 Å². The number of carbonyl (C=O) groups is 1. The Morgan fingerprint density at radius 2 is 1.71 bits per heavy atom. The Kier molecular flexibility index (Phi) is 8.43. The smallest absolute Gasteiger partial charge is 0.422 e. The molecule has 5 nitrogen and oxygen atoms in total. The predicted octanol–water partition coefficient (Wildman–Crippen LogP) is 4.00. The van der Waals surface area contributed by atoms with Crippen LogP contribution >= 0.6 is 0 Å². The number of nitrogens with zero attached hydrogens (tertiary/aromatic N) is 1. The van der Waals surface area contributed by atoms with Gasteiger partial charge in [-0.05, 0) is 57.5 Å². The lowest BCUT2D eigenvalue weighted by atomic mass is 10.1. The first kappa shape index (κ1) is 23.4. The zero-order valence-corrected chi connectivity index (χ0v) is 16.4. The Morgan fingerprint density at radius 3 is 2.21 bits per heavy atom. The van der Waals surface area contributed by atoms with Crippen molar-refractivity contribution in [2.75, 3.05) is 6.61 Å². The van der Waals surface area contributed by atoms with Gasteiger partial charge in [-0.15, -0.1) is 0 Å². The molecular weight excluding hydrogens is 371 g/mol. The molecule has 0 aliphatic heterocycles. The molecule has 0 atom stereocenters. The quantitative estimate of drug-likeness (QED) is 0.799. The first-order valence-corrected chi connectivity index (χ1v) is 8.62. The molecule has 8 heteroatoms. The molecule has 2 rings (SSSR count). The van der Waals surface area contributed by atoms with E-state index in [2.05, 4.69) is 15.0 Å². The molecule has 0 aliphatic rings. The minimum absolute atomic E-state index is 0. The van der Waals surface area contributed by atoms with Gasteiger partial charge in [-0.2, -0.15) is 13.2 Å². The van der Waals surface area contributed by atoms with E-state index in [1.807, 2.05) is 20.8 Å². The second-order valence-corrected chi connectivity index (χ2v) is 7.28. The van der Waals surface area contributed by atoms with Gasteiger partial charge in [0.2, 0.25) is 0 Å². The summed E-state index contributed by atoms with van der Waals surface area (Å²) in [6.45, 7) is 6.62. The highest BCUT2D eigenvalue weighted by Gasteiger charge is 2.28. The third kappa shape index (κ3) is 11.2. The maximum atomic E-state index is 12.0. The SMILES string of the molecule is CC(C)(C)N.Cc1cc(C(=O)NCc2ccc(OCC(F)(F)F)cc2)ccn1. The number of alkyl halides is 3. The topological polar surface area (TPSA) is 77.2 Å². The van der Waals surface area contributed by atoms with Crippen LogP contribution in [0.5, 0.6) is 5.75 Å². The van der Waals surface area contributed by atoms with Crippen molar-refractivity contribution >= 4 is 5.91 Å². The second kappa shape index (κ2) is 10.1. The van der Waals surface area contributed by atoms with E-state index in [-0.39, 0.29) is 23.7 Å². The summed E-state index contributed by atoms with van der Waals surface area (Å²) in [4.78, 5) is 16.0. The number of nitrogens with two attached hydrogens (primary N) is 1. The molecule has 1 aromatic carbocycles. The Hall–Kier alpha value is -2.61. The van der Waals surface area contributed by atoms with Gasteiger partial charge in [-0.1, -0.05) is 12.1 Å². The number of nitrogens with one attached hydrogen (secondary N) is 1. The fourth-order valence-electron chi connectivity index (χ4n) is 1.84. The molecule has 1 heterocycles. The van der Waals surface area contributed by atoms with Gasteiger partial charge in [0.1, 0.15) is 5.75 Å². The molecule has 0 radical (unpaired) electrons. The average Bonchev–Trinajstić information content (AvgIpc) is 2.56. The van der Waals surface area contributed by atoms with Crippen molar-refractivity contribution in [2.24, 2.45) is 5.73 Å². The van der Waals surface area contributed by atoms with Crippen LogP contribution in [0.2, 0.25) is 0 Å². The van der Waals surface area contributed by atoms with E-state index in [4.69, 9.17) is 5.73 Å². The summed E-state index contributed by atoms with van der Waals surface area (Å²) >= 11 is 0. The predicted molar refractivity (Wildman–Crippen MR) is 102 cm³/mol. The van der Waals surface area contributed by atoms with Crippen LogP contribution in [-0.4, -0.2) is 29.2 Å². The maximum Gasteiger partial charge on any atom is 0.422 e. The summed E-state index contributed by atoms with van der Waals surface area (Å²) < 4.78 is 40.7. The van der Waals surface area contributed by atoms with Crippen LogP contribution in [0.25, 0.3) is 0 Å². The molecule has 0 unspecified atom stereocenters. The standard InChI is InChI=1S/C16H15F3N2O2.C4H11N/c1-11-8-13(6-7-20-11)15(22)21-9-12-2-4-14(5-3-12)23-10-16(17,18)19;1-4(2,3)5/h2-8H,9-10H2,1H3,(H,21,22);5H2,1-3H3. The number of halogens is 3. The van der Waals surface area contributed by atoms with E-state index in [9.17, 15) is 18.0 Å². The minimum Gasteiger partial charge on any atom is -0.484 e. The molecule has 0 bridgehead atoms. The Labute approximate surface area is 163 Å². The van der Waals surface area contributed by atoms with E-state index in [1.54, 1.807) is 37.4 Å². The molecule has 154 valence electrons. The van der Waals surface area contributed by atoms with Crippen LogP contribution in [0, 0.1) is 6.92 Å². The second-order valence-electron chi connectivity index (χ2n) is 7.28. The first-order valence-electron chi connectivity index (χ1n) is 8.62. The lowest BCUT2D eigenvalue weighted by Gasteiger charge is -2.10. The van der Waals surface area contributed by atoms with Gasteiger partial charge < -0.3 is 15.8 Å². The lowest BCUT2D eigenvalue weighted by Crippen LogP contribution is -2.26. The number of rotatable bonds is 5. The summed E-state index contributed by atoms with van der Waals surface area (Å²) in [6.07, 6.45) is -2.81. The summed E-state index contributed by atoms with van der Waals surface area (Å²) in [5, 5.41) is 2.73. The number of hydrogen-bond acceptors (Lipinski definition) is 4. The molecule has 0 spiro atoms. The van der Waals surface area contributed by atoms with Crippen molar-refractivity contribution in [1.29, 1.82) is 0 Å². The minimum atomic E-state index is -4.37. The number of pyridine rings is 1. The van der Waals surface area contributed by atoms with Crippen LogP contribution in [0.4, 0.5) is 13.2 Å². The normalized spacial score (nSPS) is 11.3. The maximum absolute atomic E-state index is 12.0. The number of carbonyl (C=O) groups excluding carboxylic acids is 1. The van der Waals surface area contributed by atoms with Crippen LogP contribution in [-0.2, 0) is 6.54 Å². The van der Waals surface area contributed by atoms with Crippen molar-refractivity contribution in [3.8, 4) is 5.75 Å². The molecular formula is C20H26F3N3O2. The number of aryl methyl sites for hydroxylation is 1. The molecule has 0 saturated heterocycles. The van der Waals surface area contributed by atoms with Gasteiger partial charge in [0, 0.05) is 29.5 Å². The molecule has 0 fully saturated rings. The Balaban J connectivity index is 0.000000696. The highest BCUT2D eigenvalue weighted by atomic mass is 19.4. The van der Waals surface area contributed by atoms with Crippen LogP contribution in [0.3, 0.4) is 0 Å². The fraction of sp³-hybridized carbons (Fsp3) is 0.400. The molecule has 28 heavy (non-hydrogen) atoms. The van der Waals surface area contributed by atoms with E-state index >= 15 is 0 Å². The van der Waals surface area contributed by atoms with Crippen molar-refractivity contribution in [3.05, 3.63) is 59.4 Å². The third-order valence-corrected chi connectivity index (χ3v) is 2.94. The van der Waals surface area contributed by atoms with Gasteiger partial charge in [-0.25, -0.2) is 0 Å². The number of ether oxygens (including phenoxy) is 1. The molecule has 1 amide bonds. The number of aromatic nitrogens is 1. The molecule has 0 aliphatic carbocycles. The highest BCUT2D eigenvalue weighted by molar-refractivity contribution is 5.94. The average molecular weight is 397 g/mol. The first-order chi connectivity index (χ1) is 12.8. The van der Waals surface area contributed by atoms with Crippen molar-refractivity contribution in [1.82, 2.24) is 10.3 Å². The van der Waals surface area contributed by atoms with Crippen molar-refractivity contribution in [3.63, 3.8) is 0 Å². The zero-order valence-electron chi connectivity index (χ0n) is 16.4. The zero-order chi connectivity index (χ0) is 21.4. The highest BCUT2D eigenvalue weighted by Crippen LogP contribution is 2.18. The molecule has 2 aromatic rings. The fourth-order valence-corrected chi connectivity index (χ4v) is 1.84. The van der Waals surface area contributed by atoms with Gasteiger partial charge in [0.25, 0.3) is 5.91 Å². The lowest BCUT2D eigenvalue weighted by molar-refractivity contribution is -0.153. The number of benzene rings is 1. The molecule has 0 saturated carbocycles. The largest absolute Gasteiger partial charge is 0.484 e. The summed E-state index contributed by atoms with van der Waals surface area (Å²) in [5.41, 5.74) is 7.35. The third-order valence-electron chi connectivity index (χ3n) is 2.94. The summed E-state index contributed by atoms with van der Waals surface area (Å²) in [7, 11) is 0. The van der Waals surface area contributed by atoms with E-state index in [0.29, 0.717) is 5.56 Å². The van der Waals surface area contributed by atoms with Gasteiger partial charge in [-0.3, -0.25) is 9.78 Å². The Bertz CT molecular complexity index is 749. The summed E-state index contributed by atoms with van der Waals surface area (Å²) in [6, 6.07) is 9.35. The van der Waals surface area contributed by atoms with Crippen LogP contribution in [0.15, 0.2) is 42.6 Å². The van der Waals surface area contributed by atoms with E-state index in [0.717, 1.165) is 11.3 Å². The van der Waals surface area contributed by atoms with Gasteiger partial charge in [0.15, 0.2) is 6.61 Å². The monoisotopic (exact) mass is 397 g/mol. The van der Waals surface area contributed by atoms with Crippen molar-refractivity contribution < 1.29 is 22.7 Å². The Morgan fingerprint density at radius 1 is 1.14 bits per heavy atom. The van der Waals surface area contributed by atoms with Crippen LogP contribution in [0.1, 0.15) is 42.4 Å². The van der Waals surface area contributed by atoms with Gasteiger partial charge in [0.05, 0.1) is 0 Å². The molecule has 3 N–H and O–H groups in total. The van der Waals surface area contributed by atoms with E-state index in [1.165, 1.54) is 12.1 Å². The van der Waals surface area contributed by atoms with Gasteiger partial charge >= 0.3 is 6.18 Å². The number of amides is 1. The number of hydrogen-bond donors (Lipinski definition) is 2. The molecule has 1 aromatic heterocycles. The van der Waals surface area contributed by atoms with Crippen molar-refractivity contribution in [2.45, 2.75) is 46.0 Å².